The summed E-state index contributed by atoms with van der Waals surface area (Å²) in [6.07, 6.45) is 2.56. The third-order valence-corrected chi connectivity index (χ3v) is 4.70. The summed E-state index contributed by atoms with van der Waals surface area (Å²) in [7, 11) is 0. The van der Waals surface area contributed by atoms with Crippen LogP contribution in [0, 0.1) is 11.8 Å². The molecule has 1 saturated heterocycles. The first-order chi connectivity index (χ1) is 14.6. The van der Waals surface area contributed by atoms with Crippen LogP contribution in [0.15, 0.2) is 29.3 Å². The number of carbonyl (C=O) groups excluding carboxylic acids is 1. The van der Waals surface area contributed by atoms with Crippen molar-refractivity contribution in [1.29, 1.82) is 0 Å². The van der Waals surface area contributed by atoms with E-state index < -0.39 is 0 Å². The third-order valence-electron chi connectivity index (χ3n) is 4.70. The van der Waals surface area contributed by atoms with E-state index in [0.29, 0.717) is 24.8 Å². The van der Waals surface area contributed by atoms with Crippen LogP contribution in [0.4, 0.5) is 5.69 Å². The van der Waals surface area contributed by atoms with Gasteiger partial charge in [0.15, 0.2) is 5.96 Å². The molecule has 1 aliphatic heterocycles. The molecule has 0 spiro atoms. The molecular formula is C23H38N4O3. The van der Waals surface area contributed by atoms with Crippen molar-refractivity contribution in [2.24, 2.45) is 16.8 Å². The van der Waals surface area contributed by atoms with E-state index in [1.807, 2.05) is 38.1 Å². The van der Waals surface area contributed by atoms with Crippen molar-refractivity contribution in [1.82, 2.24) is 10.6 Å². The van der Waals surface area contributed by atoms with Gasteiger partial charge in [-0.3, -0.25) is 4.79 Å². The predicted octanol–water partition coefficient (Wildman–Crippen LogP) is 3.17. The monoisotopic (exact) mass is 418 g/mol. The Morgan fingerprint density at radius 1 is 1.33 bits per heavy atom. The minimum Gasteiger partial charge on any atom is -0.381 e. The Bertz CT molecular complexity index is 658. The number of hydrogen-bond acceptors (Lipinski definition) is 4. The molecule has 7 heteroatoms. The van der Waals surface area contributed by atoms with Crippen LogP contribution >= 0.6 is 0 Å². The maximum Gasteiger partial charge on any atom is 0.224 e. The number of ether oxygens (including phenoxy) is 2. The minimum absolute atomic E-state index is 0.0448. The second-order valence-corrected chi connectivity index (χ2v) is 8.13. The lowest BCUT2D eigenvalue weighted by Gasteiger charge is -2.12. The highest BCUT2D eigenvalue weighted by molar-refractivity contribution is 5.90. The molecule has 2 rings (SSSR count). The molecule has 0 aromatic heterocycles. The molecule has 1 unspecified atom stereocenters. The lowest BCUT2D eigenvalue weighted by atomic mass is 10.1. The molecule has 0 radical (unpaired) electrons. The molecule has 1 aliphatic rings. The number of carbonyl (C=O) groups is 1. The van der Waals surface area contributed by atoms with Gasteiger partial charge in [-0.1, -0.05) is 26.0 Å². The molecular weight excluding hydrogens is 380 g/mol. The van der Waals surface area contributed by atoms with Crippen molar-refractivity contribution < 1.29 is 14.3 Å². The van der Waals surface area contributed by atoms with Gasteiger partial charge >= 0.3 is 0 Å². The number of nitrogens with zero attached hydrogens (tertiary/aromatic N) is 1. The van der Waals surface area contributed by atoms with E-state index in [4.69, 9.17) is 9.47 Å². The van der Waals surface area contributed by atoms with Gasteiger partial charge in [0.1, 0.15) is 0 Å². The number of amides is 1. The van der Waals surface area contributed by atoms with Gasteiger partial charge < -0.3 is 25.4 Å². The molecule has 7 nitrogen and oxygen atoms in total. The van der Waals surface area contributed by atoms with E-state index in [2.05, 4.69) is 27.9 Å². The fourth-order valence-corrected chi connectivity index (χ4v) is 3.19. The molecule has 0 aliphatic carbocycles. The molecule has 168 valence electrons. The first-order valence-electron chi connectivity index (χ1n) is 11.1. The molecule has 1 atom stereocenters. The first-order valence-corrected chi connectivity index (χ1v) is 11.1. The zero-order valence-corrected chi connectivity index (χ0v) is 18.7. The van der Waals surface area contributed by atoms with E-state index in [0.717, 1.165) is 69.6 Å². The Labute approximate surface area is 181 Å². The number of anilines is 1. The van der Waals surface area contributed by atoms with Gasteiger partial charge in [0.25, 0.3) is 0 Å². The van der Waals surface area contributed by atoms with Gasteiger partial charge in [-0.25, -0.2) is 4.99 Å². The summed E-state index contributed by atoms with van der Waals surface area (Å²) in [5, 5.41) is 9.58. The van der Waals surface area contributed by atoms with E-state index in [-0.39, 0.29) is 5.91 Å². The smallest absolute Gasteiger partial charge is 0.224 e. The Balaban J connectivity index is 1.73. The van der Waals surface area contributed by atoms with Crippen molar-refractivity contribution in [2.75, 3.05) is 44.8 Å². The molecule has 1 amide bonds. The van der Waals surface area contributed by atoms with Gasteiger partial charge in [0.2, 0.25) is 5.91 Å². The summed E-state index contributed by atoms with van der Waals surface area (Å²) in [6.45, 7) is 11.5. The number of aliphatic imine (C=N–C) groups is 1. The zero-order valence-electron chi connectivity index (χ0n) is 18.7. The topological polar surface area (TPSA) is 84.0 Å². The van der Waals surface area contributed by atoms with Crippen LogP contribution in [-0.4, -0.2) is 51.4 Å². The summed E-state index contributed by atoms with van der Waals surface area (Å²) in [5.74, 6) is 1.73. The molecule has 0 saturated carbocycles. The maximum absolute atomic E-state index is 12.0. The summed E-state index contributed by atoms with van der Waals surface area (Å²) < 4.78 is 11.1. The lowest BCUT2D eigenvalue weighted by molar-refractivity contribution is -0.116. The van der Waals surface area contributed by atoms with Gasteiger partial charge in [-0.2, -0.15) is 0 Å². The molecule has 1 aromatic carbocycles. The summed E-state index contributed by atoms with van der Waals surface area (Å²) >= 11 is 0. The Hall–Kier alpha value is -2.12. The molecule has 1 heterocycles. The predicted molar refractivity (Wildman–Crippen MR) is 122 cm³/mol. The number of benzene rings is 1. The SMILES string of the molecule is CCNC(=NCc1cccc(NC(=O)CC(C)C)c1)NCCCOCC1CCOC1. The highest BCUT2D eigenvalue weighted by Crippen LogP contribution is 2.13. The Morgan fingerprint density at radius 3 is 2.93 bits per heavy atom. The quantitative estimate of drug-likeness (QED) is 0.276. The summed E-state index contributed by atoms with van der Waals surface area (Å²) in [6, 6.07) is 7.85. The van der Waals surface area contributed by atoms with Crippen molar-refractivity contribution in [3.8, 4) is 0 Å². The maximum atomic E-state index is 12.0. The standard InChI is InChI=1S/C23H38N4O3/c1-4-24-23(25-10-6-11-29-16-20-9-12-30-17-20)26-15-19-7-5-8-21(14-19)27-22(28)13-18(2)3/h5,7-8,14,18,20H,4,6,9-13,15-17H2,1-3H3,(H,27,28)(H2,24,25,26). The van der Waals surface area contributed by atoms with Gasteiger partial charge in [0.05, 0.1) is 19.8 Å². The fourth-order valence-electron chi connectivity index (χ4n) is 3.19. The van der Waals surface area contributed by atoms with Crippen molar-refractivity contribution in [3.05, 3.63) is 29.8 Å². The van der Waals surface area contributed by atoms with E-state index in [9.17, 15) is 4.79 Å². The van der Waals surface area contributed by atoms with Crippen LogP contribution in [0.25, 0.3) is 0 Å². The van der Waals surface area contributed by atoms with Crippen LogP contribution in [-0.2, 0) is 20.8 Å². The Kier molecular flexibility index (Phi) is 11.3. The van der Waals surface area contributed by atoms with Crippen molar-refractivity contribution in [3.63, 3.8) is 0 Å². The van der Waals surface area contributed by atoms with E-state index >= 15 is 0 Å². The van der Waals surface area contributed by atoms with Crippen LogP contribution in [0.1, 0.15) is 45.6 Å². The molecule has 30 heavy (non-hydrogen) atoms. The zero-order chi connectivity index (χ0) is 21.6. The van der Waals surface area contributed by atoms with Crippen LogP contribution in [0.5, 0.6) is 0 Å². The van der Waals surface area contributed by atoms with Crippen LogP contribution < -0.4 is 16.0 Å². The molecule has 1 fully saturated rings. The Morgan fingerprint density at radius 2 is 2.20 bits per heavy atom. The van der Waals surface area contributed by atoms with Crippen LogP contribution in [0.3, 0.4) is 0 Å². The average molecular weight is 419 g/mol. The molecule has 0 bridgehead atoms. The fraction of sp³-hybridized carbons (Fsp3) is 0.652. The lowest BCUT2D eigenvalue weighted by Crippen LogP contribution is -2.38. The largest absolute Gasteiger partial charge is 0.381 e. The van der Waals surface area contributed by atoms with Gasteiger partial charge in [-0.15, -0.1) is 0 Å². The van der Waals surface area contributed by atoms with Crippen molar-refractivity contribution in [2.45, 2.75) is 46.6 Å². The van der Waals surface area contributed by atoms with Gasteiger partial charge in [-0.05, 0) is 43.4 Å². The molecule has 1 aromatic rings. The summed E-state index contributed by atoms with van der Waals surface area (Å²) in [4.78, 5) is 16.6. The van der Waals surface area contributed by atoms with Crippen molar-refractivity contribution >= 4 is 17.6 Å². The molecule has 3 N–H and O–H groups in total. The minimum atomic E-state index is 0.0448. The second-order valence-electron chi connectivity index (χ2n) is 8.13. The summed E-state index contributed by atoms with van der Waals surface area (Å²) in [5.41, 5.74) is 1.87. The number of rotatable bonds is 12. The number of guanidine groups is 1. The highest BCUT2D eigenvalue weighted by Gasteiger charge is 2.15. The highest BCUT2D eigenvalue weighted by atomic mass is 16.5. The first kappa shape index (κ1) is 24.2. The van der Waals surface area contributed by atoms with Crippen LogP contribution in [0.2, 0.25) is 0 Å². The second kappa shape index (κ2) is 14.0. The number of hydrogen-bond donors (Lipinski definition) is 3. The van der Waals surface area contributed by atoms with E-state index in [1.54, 1.807) is 0 Å². The third kappa shape index (κ3) is 10.1. The normalized spacial score (nSPS) is 16.7. The van der Waals surface area contributed by atoms with E-state index in [1.165, 1.54) is 0 Å². The number of nitrogens with one attached hydrogen (secondary N) is 3. The average Bonchev–Trinajstić information content (AvgIpc) is 3.21. The van der Waals surface area contributed by atoms with Gasteiger partial charge in [0, 0.05) is 44.3 Å².